The molecule has 0 saturated carbocycles. The molecule has 0 aromatic carbocycles. The van der Waals surface area contributed by atoms with Crippen LogP contribution in [0.2, 0.25) is 0 Å². The lowest BCUT2D eigenvalue weighted by atomic mass is 9.94. The third kappa shape index (κ3) is 2.06. The summed E-state index contributed by atoms with van der Waals surface area (Å²) in [6.45, 7) is 6.76. The van der Waals surface area contributed by atoms with E-state index in [0.717, 1.165) is 35.2 Å². The Kier molecular flexibility index (Phi) is 3.11. The number of aryl methyl sites for hydroxylation is 2. The number of rotatable bonds is 1. The Morgan fingerprint density at radius 2 is 2.28 bits per heavy atom. The largest absolute Gasteiger partial charge is 0.336 e. The van der Waals surface area contributed by atoms with Gasteiger partial charge in [0.25, 0.3) is 5.91 Å². The van der Waals surface area contributed by atoms with Crippen molar-refractivity contribution in [2.24, 2.45) is 5.92 Å². The van der Waals surface area contributed by atoms with Crippen LogP contribution in [0.5, 0.6) is 0 Å². The maximum absolute atomic E-state index is 12.5. The molecule has 98 valence electrons. The Morgan fingerprint density at radius 3 is 2.94 bits per heavy atom. The summed E-state index contributed by atoms with van der Waals surface area (Å²) in [5.41, 5.74) is 0.880. The highest BCUT2D eigenvalue weighted by molar-refractivity contribution is 7.13. The van der Waals surface area contributed by atoms with Gasteiger partial charge < -0.3 is 10.2 Å². The van der Waals surface area contributed by atoms with Crippen LogP contribution in [0.25, 0.3) is 0 Å². The van der Waals surface area contributed by atoms with E-state index in [1.165, 1.54) is 24.2 Å². The molecular formula is C13H19N3OS. The second-order valence-corrected chi connectivity index (χ2v) is 6.52. The van der Waals surface area contributed by atoms with Gasteiger partial charge in [-0.2, -0.15) is 0 Å². The van der Waals surface area contributed by atoms with E-state index in [2.05, 4.69) is 10.3 Å². The number of piperidine rings is 1. The molecule has 1 aromatic rings. The van der Waals surface area contributed by atoms with Crippen LogP contribution in [0.15, 0.2) is 0 Å². The average Bonchev–Trinajstić information content (AvgIpc) is 2.91. The van der Waals surface area contributed by atoms with Gasteiger partial charge >= 0.3 is 0 Å². The second kappa shape index (κ2) is 4.63. The highest BCUT2D eigenvalue weighted by Gasteiger charge is 2.37. The number of carbonyl (C=O) groups excluding carboxylic acids is 1. The second-order valence-electron chi connectivity index (χ2n) is 5.32. The molecule has 1 amide bonds. The van der Waals surface area contributed by atoms with E-state index in [4.69, 9.17) is 0 Å². The summed E-state index contributed by atoms with van der Waals surface area (Å²) in [6.07, 6.45) is 2.49. The first kappa shape index (κ1) is 12.1. The molecule has 1 N–H and O–H groups in total. The Morgan fingerprint density at radius 1 is 1.44 bits per heavy atom. The Labute approximate surface area is 111 Å². The molecule has 2 unspecified atom stereocenters. The number of amides is 1. The van der Waals surface area contributed by atoms with Crippen LogP contribution in [0.1, 0.15) is 33.2 Å². The fourth-order valence-electron chi connectivity index (χ4n) is 3.09. The zero-order chi connectivity index (χ0) is 12.7. The van der Waals surface area contributed by atoms with Gasteiger partial charge in [0.05, 0.1) is 10.7 Å². The minimum absolute atomic E-state index is 0.175. The van der Waals surface area contributed by atoms with Gasteiger partial charge in [0.2, 0.25) is 0 Å². The first-order chi connectivity index (χ1) is 8.65. The van der Waals surface area contributed by atoms with Gasteiger partial charge in [0, 0.05) is 19.1 Å². The van der Waals surface area contributed by atoms with Crippen molar-refractivity contribution >= 4 is 17.2 Å². The number of hydrogen-bond acceptors (Lipinski definition) is 4. The molecule has 18 heavy (non-hydrogen) atoms. The third-order valence-corrected chi connectivity index (χ3v) is 5.05. The molecule has 2 atom stereocenters. The van der Waals surface area contributed by atoms with Crippen LogP contribution in [-0.2, 0) is 0 Å². The maximum Gasteiger partial charge on any atom is 0.265 e. The third-order valence-electron chi connectivity index (χ3n) is 3.98. The first-order valence-electron chi connectivity index (χ1n) is 6.62. The molecule has 0 radical (unpaired) electrons. The smallest absolute Gasteiger partial charge is 0.265 e. The molecule has 2 aliphatic heterocycles. The molecule has 1 aromatic heterocycles. The highest BCUT2D eigenvalue weighted by Crippen LogP contribution is 2.28. The Hall–Kier alpha value is -0.940. The van der Waals surface area contributed by atoms with Crippen LogP contribution >= 0.6 is 11.3 Å². The summed E-state index contributed by atoms with van der Waals surface area (Å²) in [7, 11) is 0. The van der Waals surface area contributed by atoms with E-state index in [9.17, 15) is 4.79 Å². The van der Waals surface area contributed by atoms with Crippen LogP contribution in [-0.4, -0.2) is 41.5 Å². The molecule has 4 nitrogen and oxygen atoms in total. The molecule has 3 heterocycles. The number of nitrogens with zero attached hydrogens (tertiary/aromatic N) is 2. The summed E-state index contributed by atoms with van der Waals surface area (Å²) in [5.74, 6) is 0.825. The predicted octanol–water partition coefficient (Wildman–Crippen LogP) is 1.58. The topological polar surface area (TPSA) is 45.2 Å². The van der Waals surface area contributed by atoms with E-state index in [0.29, 0.717) is 12.0 Å². The summed E-state index contributed by atoms with van der Waals surface area (Å²) < 4.78 is 0. The standard InChI is InChI=1S/C13H19N3OS/c1-8-12(18-9(2)15-8)13(17)16-6-10-4-3-5-14-11(10)7-16/h10-11,14H,3-7H2,1-2H3. The fourth-order valence-corrected chi connectivity index (χ4v) is 3.97. The molecule has 3 rings (SSSR count). The van der Waals surface area contributed by atoms with Crippen molar-refractivity contribution in [3.63, 3.8) is 0 Å². The van der Waals surface area contributed by atoms with Crippen LogP contribution in [0.4, 0.5) is 0 Å². The van der Waals surface area contributed by atoms with Crippen molar-refractivity contribution < 1.29 is 4.79 Å². The lowest BCUT2D eigenvalue weighted by Crippen LogP contribution is -2.41. The van der Waals surface area contributed by atoms with Gasteiger partial charge in [-0.05, 0) is 39.2 Å². The zero-order valence-electron chi connectivity index (χ0n) is 10.9. The van der Waals surface area contributed by atoms with E-state index in [-0.39, 0.29) is 5.91 Å². The van der Waals surface area contributed by atoms with Crippen molar-refractivity contribution in [2.75, 3.05) is 19.6 Å². The van der Waals surface area contributed by atoms with Crippen molar-refractivity contribution in [3.05, 3.63) is 15.6 Å². The number of aromatic nitrogens is 1. The number of carbonyl (C=O) groups is 1. The van der Waals surface area contributed by atoms with E-state index in [1.807, 2.05) is 18.7 Å². The summed E-state index contributed by atoms with van der Waals surface area (Å²) in [5, 5.41) is 4.51. The minimum atomic E-state index is 0.175. The minimum Gasteiger partial charge on any atom is -0.336 e. The quantitative estimate of drug-likeness (QED) is 0.838. The molecule has 0 aliphatic carbocycles. The van der Waals surface area contributed by atoms with E-state index in [1.54, 1.807) is 0 Å². The number of thiazole rings is 1. The van der Waals surface area contributed by atoms with Crippen molar-refractivity contribution in [2.45, 2.75) is 32.7 Å². The van der Waals surface area contributed by atoms with Crippen LogP contribution in [0, 0.1) is 19.8 Å². The predicted molar refractivity (Wildman–Crippen MR) is 72.0 cm³/mol. The number of likely N-dealkylation sites (tertiary alicyclic amines) is 1. The Balaban J connectivity index is 1.76. The lowest BCUT2D eigenvalue weighted by Gasteiger charge is -2.24. The summed E-state index contributed by atoms with van der Waals surface area (Å²) >= 11 is 1.52. The first-order valence-corrected chi connectivity index (χ1v) is 7.43. The van der Waals surface area contributed by atoms with Crippen molar-refractivity contribution in [1.82, 2.24) is 15.2 Å². The monoisotopic (exact) mass is 265 g/mol. The number of hydrogen-bond donors (Lipinski definition) is 1. The molecule has 0 spiro atoms. The zero-order valence-corrected chi connectivity index (χ0v) is 11.7. The highest BCUT2D eigenvalue weighted by atomic mass is 32.1. The van der Waals surface area contributed by atoms with Crippen LogP contribution < -0.4 is 5.32 Å². The van der Waals surface area contributed by atoms with Gasteiger partial charge in [-0.3, -0.25) is 4.79 Å². The van der Waals surface area contributed by atoms with Crippen molar-refractivity contribution in [3.8, 4) is 0 Å². The molecular weight excluding hydrogens is 246 g/mol. The summed E-state index contributed by atoms with van der Waals surface area (Å²) in [4.78, 5) is 19.7. The SMILES string of the molecule is Cc1nc(C)c(C(=O)N2CC3CCCNC3C2)s1. The number of nitrogens with one attached hydrogen (secondary N) is 1. The molecule has 2 fully saturated rings. The summed E-state index contributed by atoms with van der Waals surface area (Å²) in [6, 6.07) is 0.511. The lowest BCUT2D eigenvalue weighted by molar-refractivity contribution is 0.0789. The van der Waals surface area contributed by atoms with Crippen molar-refractivity contribution in [1.29, 1.82) is 0 Å². The Bertz CT molecular complexity index is 457. The van der Waals surface area contributed by atoms with Gasteiger partial charge in [0.1, 0.15) is 4.88 Å². The van der Waals surface area contributed by atoms with E-state index >= 15 is 0 Å². The van der Waals surface area contributed by atoms with Gasteiger partial charge in [0.15, 0.2) is 0 Å². The van der Waals surface area contributed by atoms with Crippen LogP contribution in [0.3, 0.4) is 0 Å². The molecule has 2 aliphatic rings. The normalized spacial score (nSPS) is 27.3. The number of fused-ring (bicyclic) bond motifs is 1. The molecule has 2 saturated heterocycles. The van der Waals surface area contributed by atoms with Gasteiger partial charge in [-0.25, -0.2) is 4.98 Å². The fraction of sp³-hybridized carbons (Fsp3) is 0.692. The van der Waals surface area contributed by atoms with E-state index < -0.39 is 0 Å². The van der Waals surface area contributed by atoms with Gasteiger partial charge in [-0.15, -0.1) is 11.3 Å². The maximum atomic E-state index is 12.5. The average molecular weight is 265 g/mol. The van der Waals surface area contributed by atoms with Gasteiger partial charge in [-0.1, -0.05) is 0 Å². The molecule has 0 bridgehead atoms. The molecule has 5 heteroatoms.